The smallest absolute Gasteiger partial charge is 0.171 e. The normalized spacial score (nSPS) is 11.0. The number of para-hydroxylation sites is 2. The zero-order chi connectivity index (χ0) is 11.0. The standard InChI is InChI=1S/C10H9N5S/c11-9-8(5-12-15-9)16-10-13-6-3-1-2-4-7(6)14-10/h1-5H,(H,13,14)(H3,11,12,15). The van der Waals surface area contributed by atoms with Gasteiger partial charge in [-0.25, -0.2) is 4.98 Å². The molecule has 4 N–H and O–H groups in total. The second kappa shape index (κ2) is 3.57. The molecule has 3 rings (SSSR count). The number of nitrogens with one attached hydrogen (secondary N) is 2. The second-order valence-electron chi connectivity index (χ2n) is 3.31. The maximum absolute atomic E-state index is 5.70. The Morgan fingerprint density at radius 2 is 2.12 bits per heavy atom. The van der Waals surface area contributed by atoms with Crippen LogP contribution < -0.4 is 5.73 Å². The van der Waals surface area contributed by atoms with E-state index in [0.717, 1.165) is 21.1 Å². The van der Waals surface area contributed by atoms with Crippen LogP contribution in [0.15, 0.2) is 40.5 Å². The third-order valence-electron chi connectivity index (χ3n) is 2.21. The van der Waals surface area contributed by atoms with Gasteiger partial charge >= 0.3 is 0 Å². The van der Waals surface area contributed by atoms with Crippen molar-refractivity contribution >= 4 is 28.6 Å². The number of hydrogen-bond acceptors (Lipinski definition) is 4. The van der Waals surface area contributed by atoms with Gasteiger partial charge < -0.3 is 10.7 Å². The van der Waals surface area contributed by atoms with E-state index in [1.807, 2.05) is 24.3 Å². The highest BCUT2D eigenvalue weighted by atomic mass is 32.2. The summed E-state index contributed by atoms with van der Waals surface area (Å²) in [7, 11) is 0. The number of rotatable bonds is 2. The van der Waals surface area contributed by atoms with Crippen LogP contribution in [0, 0.1) is 0 Å². The van der Waals surface area contributed by atoms with Crippen molar-refractivity contribution in [1.82, 2.24) is 20.2 Å². The molecule has 5 nitrogen and oxygen atoms in total. The second-order valence-corrected chi connectivity index (χ2v) is 4.34. The quantitative estimate of drug-likeness (QED) is 0.630. The first-order valence-electron chi connectivity index (χ1n) is 4.74. The van der Waals surface area contributed by atoms with Crippen molar-refractivity contribution in [2.45, 2.75) is 10.1 Å². The van der Waals surface area contributed by atoms with E-state index in [1.165, 1.54) is 11.8 Å². The Kier molecular flexibility index (Phi) is 2.07. The lowest BCUT2D eigenvalue weighted by Crippen LogP contribution is -1.86. The number of nitrogens with zero attached hydrogens (tertiary/aromatic N) is 2. The number of H-pyrrole nitrogens is 2. The average Bonchev–Trinajstić information content (AvgIpc) is 2.85. The Morgan fingerprint density at radius 3 is 2.88 bits per heavy atom. The van der Waals surface area contributed by atoms with E-state index in [0.29, 0.717) is 5.82 Å². The van der Waals surface area contributed by atoms with Crippen molar-refractivity contribution < 1.29 is 0 Å². The molecular formula is C10H9N5S. The maximum atomic E-state index is 5.70. The Hall–Kier alpha value is -1.95. The van der Waals surface area contributed by atoms with E-state index in [2.05, 4.69) is 20.2 Å². The zero-order valence-electron chi connectivity index (χ0n) is 8.27. The van der Waals surface area contributed by atoms with Crippen LogP contribution in [0.4, 0.5) is 5.82 Å². The molecule has 0 aliphatic heterocycles. The SMILES string of the molecule is Nc1[nH]ncc1Sc1nc2ccccc2[nH]1. The van der Waals surface area contributed by atoms with Gasteiger partial charge in [-0.15, -0.1) is 0 Å². The predicted octanol–water partition coefficient (Wildman–Crippen LogP) is 2.02. The molecule has 0 unspecified atom stereocenters. The highest BCUT2D eigenvalue weighted by molar-refractivity contribution is 7.99. The number of fused-ring (bicyclic) bond motifs is 1. The van der Waals surface area contributed by atoms with Crippen LogP contribution in [-0.2, 0) is 0 Å². The summed E-state index contributed by atoms with van der Waals surface area (Å²) in [5.74, 6) is 0.561. The van der Waals surface area contributed by atoms with Gasteiger partial charge in [0, 0.05) is 0 Å². The van der Waals surface area contributed by atoms with E-state index < -0.39 is 0 Å². The van der Waals surface area contributed by atoms with Crippen molar-refractivity contribution in [3.8, 4) is 0 Å². The summed E-state index contributed by atoms with van der Waals surface area (Å²) in [6.07, 6.45) is 1.69. The number of nitrogen functional groups attached to an aromatic ring is 1. The fourth-order valence-electron chi connectivity index (χ4n) is 1.45. The molecule has 2 heterocycles. The molecule has 0 atom stereocenters. The lowest BCUT2D eigenvalue weighted by Gasteiger charge is -1.93. The number of anilines is 1. The molecule has 80 valence electrons. The van der Waals surface area contributed by atoms with Crippen molar-refractivity contribution in [1.29, 1.82) is 0 Å². The van der Waals surface area contributed by atoms with Crippen molar-refractivity contribution in [2.75, 3.05) is 5.73 Å². The number of nitrogens with two attached hydrogens (primary N) is 1. The summed E-state index contributed by atoms with van der Waals surface area (Å²) in [5, 5.41) is 7.36. The lowest BCUT2D eigenvalue weighted by atomic mass is 10.3. The van der Waals surface area contributed by atoms with Crippen LogP contribution in [0.5, 0.6) is 0 Å². The van der Waals surface area contributed by atoms with E-state index >= 15 is 0 Å². The molecule has 3 aromatic rings. The molecule has 0 saturated carbocycles. The average molecular weight is 231 g/mol. The van der Waals surface area contributed by atoms with Crippen LogP contribution in [0.1, 0.15) is 0 Å². The summed E-state index contributed by atoms with van der Waals surface area (Å²) in [6.45, 7) is 0. The number of hydrogen-bond donors (Lipinski definition) is 3. The Labute approximate surface area is 95.5 Å². The van der Waals surface area contributed by atoms with E-state index in [1.54, 1.807) is 6.20 Å². The van der Waals surface area contributed by atoms with Crippen LogP contribution in [0.3, 0.4) is 0 Å². The molecular weight excluding hydrogens is 222 g/mol. The van der Waals surface area contributed by atoms with Crippen LogP contribution >= 0.6 is 11.8 Å². The minimum atomic E-state index is 0.561. The van der Waals surface area contributed by atoms with Crippen LogP contribution in [0.25, 0.3) is 11.0 Å². The van der Waals surface area contributed by atoms with E-state index in [4.69, 9.17) is 5.73 Å². The first-order chi connectivity index (χ1) is 7.83. The maximum Gasteiger partial charge on any atom is 0.171 e. The molecule has 16 heavy (non-hydrogen) atoms. The van der Waals surface area contributed by atoms with Gasteiger partial charge in [0.1, 0.15) is 5.82 Å². The van der Waals surface area contributed by atoms with Gasteiger partial charge in [-0.3, -0.25) is 5.10 Å². The molecule has 0 amide bonds. The lowest BCUT2D eigenvalue weighted by molar-refractivity contribution is 1.08. The summed E-state index contributed by atoms with van der Waals surface area (Å²) < 4.78 is 0. The third-order valence-corrected chi connectivity index (χ3v) is 3.14. The van der Waals surface area contributed by atoms with Gasteiger partial charge in [-0.2, -0.15) is 5.10 Å². The van der Waals surface area contributed by atoms with Gasteiger partial charge in [0.2, 0.25) is 0 Å². The highest BCUT2D eigenvalue weighted by Crippen LogP contribution is 2.29. The van der Waals surface area contributed by atoms with Crippen molar-refractivity contribution in [3.63, 3.8) is 0 Å². The molecule has 0 saturated heterocycles. The van der Waals surface area contributed by atoms with Gasteiger partial charge in [0.05, 0.1) is 22.1 Å². The van der Waals surface area contributed by atoms with Crippen molar-refractivity contribution in [3.05, 3.63) is 30.5 Å². The highest BCUT2D eigenvalue weighted by Gasteiger charge is 2.07. The Morgan fingerprint density at radius 1 is 1.25 bits per heavy atom. The molecule has 2 aromatic heterocycles. The van der Waals surface area contributed by atoms with Crippen LogP contribution in [-0.4, -0.2) is 20.2 Å². The zero-order valence-corrected chi connectivity index (χ0v) is 9.08. The molecule has 6 heteroatoms. The topological polar surface area (TPSA) is 83.4 Å². The number of imidazole rings is 1. The summed E-state index contributed by atoms with van der Waals surface area (Å²) >= 11 is 1.46. The van der Waals surface area contributed by atoms with E-state index in [9.17, 15) is 0 Å². The third kappa shape index (κ3) is 1.53. The summed E-state index contributed by atoms with van der Waals surface area (Å²) in [4.78, 5) is 8.53. The molecule has 0 fully saturated rings. The Balaban J connectivity index is 1.98. The van der Waals surface area contributed by atoms with Gasteiger partial charge in [0.25, 0.3) is 0 Å². The van der Waals surface area contributed by atoms with Crippen molar-refractivity contribution in [2.24, 2.45) is 0 Å². The van der Waals surface area contributed by atoms with Gasteiger partial charge in [-0.05, 0) is 23.9 Å². The minimum Gasteiger partial charge on any atom is -0.383 e. The summed E-state index contributed by atoms with van der Waals surface area (Å²) in [5.41, 5.74) is 7.67. The fraction of sp³-hybridized carbons (Fsp3) is 0. The van der Waals surface area contributed by atoms with Crippen LogP contribution in [0.2, 0.25) is 0 Å². The first kappa shape index (κ1) is 9.29. The van der Waals surface area contributed by atoms with Gasteiger partial charge in [-0.1, -0.05) is 12.1 Å². The Bertz CT molecular complexity index is 594. The van der Waals surface area contributed by atoms with Gasteiger partial charge in [0.15, 0.2) is 5.16 Å². The fourth-order valence-corrected chi connectivity index (χ4v) is 2.22. The largest absolute Gasteiger partial charge is 0.383 e. The molecule has 0 bridgehead atoms. The molecule has 0 aliphatic carbocycles. The molecule has 0 aliphatic rings. The number of aromatic nitrogens is 4. The monoisotopic (exact) mass is 231 g/mol. The predicted molar refractivity (Wildman–Crippen MR) is 63.2 cm³/mol. The van der Waals surface area contributed by atoms with E-state index in [-0.39, 0.29) is 0 Å². The number of aromatic amines is 2. The minimum absolute atomic E-state index is 0.561. The molecule has 0 spiro atoms. The number of benzene rings is 1. The molecule has 0 radical (unpaired) electrons. The first-order valence-corrected chi connectivity index (χ1v) is 5.56. The summed E-state index contributed by atoms with van der Waals surface area (Å²) in [6, 6.07) is 7.89. The molecule has 1 aromatic carbocycles.